The van der Waals surface area contributed by atoms with Gasteiger partial charge >= 0.3 is 0 Å². The maximum Gasteiger partial charge on any atom is 0.203 e. The van der Waals surface area contributed by atoms with Crippen LogP contribution in [0.1, 0.15) is 141 Å². The molecule has 0 atom stereocenters. The molecule has 0 N–H and O–H groups in total. The van der Waals surface area contributed by atoms with E-state index in [2.05, 4.69) is 301 Å². The van der Waals surface area contributed by atoms with Gasteiger partial charge in [-0.1, -0.05) is 171 Å². The smallest absolute Gasteiger partial charge is 0.203 e. The summed E-state index contributed by atoms with van der Waals surface area (Å²) in [5.41, 5.74) is 30.4. The average Bonchev–Trinajstić information content (AvgIpc) is 1.74. The summed E-state index contributed by atoms with van der Waals surface area (Å²) < 4.78 is 16.9. The number of pyridine rings is 4. The van der Waals surface area contributed by atoms with Gasteiger partial charge in [-0.25, -0.2) is 0 Å². The second-order valence-electron chi connectivity index (χ2n) is 26.9. The molecule has 0 aliphatic carbocycles. The van der Waals surface area contributed by atoms with Crippen LogP contribution < -0.4 is 18.7 Å². The van der Waals surface area contributed by atoms with Crippen LogP contribution in [-0.4, -0.2) is 38.7 Å². The highest BCUT2D eigenvalue weighted by Gasteiger charge is 2.24. The highest BCUT2D eigenvalue weighted by Crippen LogP contribution is 2.39. The summed E-state index contributed by atoms with van der Waals surface area (Å²) in [7, 11) is 8.22. The van der Waals surface area contributed by atoms with Gasteiger partial charge < -0.3 is 0 Å². The molecule has 5 aromatic carbocycles. The molecule has 0 saturated heterocycles. The Morgan fingerprint density at radius 3 is 1.31 bits per heavy atom. The minimum absolute atomic E-state index is 0.470. The van der Waals surface area contributed by atoms with Crippen LogP contribution in [0.5, 0.6) is 0 Å². The van der Waals surface area contributed by atoms with E-state index < -0.39 is 0 Å². The summed E-state index contributed by atoms with van der Waals surface area (Å²) in [5.74, 6) is 1.91. The van der Waals surface area contributed by atoms with Crippen LogP contribution in [-0.2, 0) is 28.2 Å². The highest BCUT2D eigenvalue weighted by atomic mass is 15.4. The molecule has 13 rings (SSSR count). The van der Waals surface area contributed by atoms with Crippen LogP contribution in [0.25, 0.3) is 78.6 Å². The standard InChI is InChI=1S/C24H32N3.C23H22N3.C22H28N3.C16H16N3/c1-15(2)21-10-9-11-22(16(3)4)23(21)20-13-26(8)27(14-20)24-17(5)12-18(6)25-19(24)7;1-17-9-7-12-20(19-10-5-4-6-11-19)23(17)21-15-18(2)22(16-24-21)26-14-8-13-25(26)3;1-15(2)18-9-7-10-19(16(3)4)22(18)20-13-17(5)21(14-23-20)25-12-8-11-24(25)6;1-13-8-9-17-10-16(13)19-12-15(11-18(19)2)14-6-4-3-5-7-14/h9-16H,1-8H3;4-16H,1-3H3;7-16H,1-6H3;3-12H,1-2H3/q4*+1. The second-order valence-corrected chi connectivity index (χ2v) is 26.9. The first-order chi connectivity index (χ1) is 46.5. The van der Waals surface area contributed by atoms with E-state index in [-0.39, 0.29) is 0 Å². The lowest BCUT2D eigenvalue weighted by molar-refractivity contribution is -0.744. The number of aryl methyl sites for hydroxylation is 11. The summed E-state index contributed by atoms with van der Waals surface area (Å²) >= 11 is 0. The molecule has 0 amide bonds. The zero-order valence-corrected chi connectivity index (χ0v) is 60.5. The van der Waals surface area contributed by atoms with Gasteiger partial charge in [0, 0.05) is 35.2 Å². The summed E-state index contributed by atoms with van der Waals surface area (Å²) in [5, 5.41) is 0. The fourth-order valence-corrected chi connectivity index (χ4v) is 13.3. The van der Waals surface area contributed by atoms with E-state index in [9.17, 15) is 0 Å². The molecule has 494 valence electrons. The van der Waals surface area contributed by atoms with Gasteiger partial charge in [-0.05, 0) is 169 Å². The minimum atomic E-state index is 0.470. The van der Waals surface area contributed by atoms with Crippen LogP contribution >= 0.6 is 0 Å². The third-order valence-corrected chi connectivity index (χ3v) is 18.2. The zero-order chi connectivity index (χ0) is 69.4. The quantitative estimate of drug-likeness (QED) is 0.108. The topological polar surface area (TPSA) is 86.8 Å². The summed E-state index contributed by atoms with van der Waals surface area (Å²) in [6.45, 7) is 33.0. The van der Waals surface area contributed by atoms with Crippen molar-refractivity contribution in [2.45, 2.75) is 128 Å². The molecule has 8 heterocycles. The van der Waals surface area contributed by atoms with Crippen molar-refractivity contribution in [1.29, 1.82) is 0 Å². The zero-order valence-electron chi connectivity index (χ0n) is 60.5. The van der Waals surface area contributed by atoms with E-state index in [0.717, 1.165) is 39.8 Å². The molecule has 0 spiro atoms. The van der Waals surface area contributed by atoms with Crippen LogP contribution in [0.4, 0.5) is 0 Å². The predicted molar refractivity (Wildman–Crippen MR) is 396 cm³/mol. The largest absolute Gasteiger partial charge is 0.262 e. The predicted octanol–water partition coefficient (Wildman–Crippen LogP) is 17.8. The Morgan fingerprint density at radius 2 is 0.825 bits per heavy atom. The van der Waals surface area contributed by atoms with Gasteiger partial charge in [0.15, 0.2) is 40.6 Å². The fourth-order valence-electron chi connectivity index (χ4n) is 13.3. The van der Waals surface area contributed by atoms with Crippen molar-refractivity contribution in [1.82, 2.24) is 38.7 Å². The number of rotatable bonds is 13. The lowest BCUT2D eigenvalue weighted by Gasteiger charge is -2.20. The summed E-state index contributed by atoms with van der Waals surface area (Å²) in [6, 6.07) is 53.4. The van der Waals surface area contributed by atoms with Crippen molar-refractivity contribution in [3.05, 3.63) is 287 Å². The van der Waals surface area contributed by atoms with Crippen LogP contribution in [0.3, 0.4) is 0 Å². The SMILES string of the molecule is Cc1cc(-c2c(C(C)C)cccc2C(C)C)ncc1-n1ccc[n+]1C.Cc1cc(-c2c(C)cccc2-c2ccccc2)ncc1-n1ccc[n+]1C.Cc1cc(C)c(-n2cc(-c3c(C(C)C)cccc3C(C)C)c[n+]2C)c(C)n1.Cc1ccncc1-n1cc(-c2ccccc2)c[n+]1C. The van der Waals surface area contributed by atoms with Crippen molar-refractivity contribution in [2.75, 3.05) is 0 Å². The number of benzene rings is 5. The highest BCUT2D eigenvalue weighted by molar-refractivity contribution is 5.84. The Labute approximate surface area is 576 Å². The molecule has 0 radical (unpaired) electrons. The molecule has 0 fully saturated rings. The van der Waals surface area contributed by atoms with E-state index in [4.69, 9.17) is 15.0 Å². The van der Waals surface area contributed by atoms with Crippen LogP contribution in [0.15, 0.2) is 226 Å². The molecule has 0 saturated carbocycles. The molecular weight excluding hydrogens is 1190 g/mol. The fraction of sp³-hybridized carbons (Fsp3) is 0.271. The van der Waals surface area contributed by atoms with E-state index in [1.807, 2.05) is 99.5 Å². The molecule has 97 heavy (non-hydrogen) atoms. The monoisotopic (exact) mass is 1290 g/mol. The Hall–Kier alpha value is -10.5. The van der Waals surface area contributed by atoms with Crippen LogP contribution in [0.2, 0.25) is 0 Å². The molecule has 0 bridgehead atoms. The first-order valence-corrected chi connectivity index (χ1v) is 34.0. The summed E-state index contributed by atoms with van der Waals surface area (Å²) in [4.78, 5) is 18.6. The Balaban J connectivity index is 0.000000141. The third kappa shape index (κ3) is 15.5. The molecule has 8 aromatic heterocycles. The van der Waals surface area contributed by atoms with Gasteiger partial charge in [0.05, 0.1) is 71.6 Å². The van der Waals surface area contributed by atoms with Gasteiger partial charge in [-0.3, -0.25) is 19.9 Å². The third-order valence-electron chi connectivity index (χ3n) is 18.2. The van der Waals surface area contributed by atoms with Gasteiger partial charge in [-0.15, -0.1) is 37.5 Å². The van der Waals surface area contributed by atoms with E-state index in [0.29, 0.717) is 23.7 Å². The molecular formula is C85H98N12+4. The Kier molecular flexibility index (Phi) is 21.8. The van der Waals surface area contributed by atoms with Crippen molar-refractivity contribution in [3.8, 4) is 78.6 Å². The maximum absolute atomic E-state index is 4.86. The molecule has 13 aromatic rings. The molecule has 0 unspecified atom stereocenters. The van der Waals surface area contributed by atoms with Gasteiger partial charge in [0.2, 0.25) is 12.4 Å². The van der Waals surface area contributed by atoms with Crippen LogP contribution in [0, 0.1) is 48.5 Å². The Morgan fingerprint density at radius 1 is 0.361 bits per heavy atom. The van der Waals surface area contributed by atoms with Gasteiger partial charge in [0.1, 0.15) is 22.7 Å². The van der Waals surface area contributed by atoms with E-state index >= 15 is 0 Å². The molecule has 12 heteroatoms. The Bertz CT molecular complexity index is 4770. The molecule has 0 aliphatic heterocycles. The number of hydrogen-bond acceptors (Lipinski definition) is 4. The number of hydrogen-bond donors (Lipinski definition) is 0. The second kappa shape index (κ2) is 30.5. The summed E-state index contributed by atoms with van der Waals surface area (Å²) in [6.07, 6.45) is 24.6. The lowest BCUT2D eigenvalue weighted by Crippen LogP contribution is -2.37. The average molecular weight is 1290 g/mol. The van der Waals surface area contributed by atoms with Gasteiger partial charge in [-0.2, -0.15) is 0 Å². The first kappa shape index (κ1) is 69.4. The van der Waals surface area contributed by atoms with E-state index in [1.165, 1.54) is 100 Å². The van der Waals surface area contributed by atoms with E-state index in [1.54, 1.807) is 0 Å². The van der Waals surface area contributed by atoms with Gasteiger partial charge in [0.25, 0.3) is 0 Å². The number of nitrogens with zero attached hydrogens (tertiary/aromatic N) is 12. The van der Waals surface area contributed by atoms with Crippen molar-refractivity contribution in [3.63, 3.8) is 0 Å². The maximum atomic E-state index is 4.86. The van der Waals surface area contributed by atoms with Crippen molar-refractivity contribution in [2.24, 2.45) is 28.2 Å². The first-order valence-electron chi connectivity index (χ1n) is 34.0. The lowest BCUT2D eigenvalue weighted by atomic mass is 9.86. The molecule has 0 aliphatic rings. The number of aromatic nitrogens is 12. The normalized spacial score (nSPS) is 11.2. The molecule has 12 nitrogen and oxygen atoms in total. The van der Waals surface area contributed by atoms with Crippen molar-refractivity contribution < 1.29 is 18.7 Å². The van der Waals surface area contributed by atoms with Crippen molar-refractivity contribution >= 4 is 0 Å². The minimum Gasteiger partial charge on any atom is -0.262 e.